The number of hydrogen-bond acceptors (Lipinski definition) is 2. The molecule has 1 amide bonds. The van der Waals surface area contributed by atoms with E-state index in [1.54, 1.807) is 17.0 Å². The highest BCUT2D eigenvalue weighted by molar-refractivity contribution is 6.31. The van der Waals surface area contributed by atoms with Crippen molar-refractivity contribution in [2.24, 2.45) is 0 Å². The van der Waals surface area contributed by atoms with E-state index in [1.807, 2.05) is 13.0 Å². The van der Waals surface area contributed by atoms with Crippen molar-refractivity contribution in [1.82, 2.24) is 4.98 Å². The first-order chi connectivity index (χ1) is 9.61. The maximum Gasteiger partial charge on any atom is 0.259 e. The fraction of sp³-hybridized carbons (Fsp3) is 0.200. The Morgan fingerprint density at radius 2 is 2.15 bits per heavy atom. The number of amides is 1. The molecule has 0 N–H and O–H groups in total. The van der Waals surface area contributed by atoms with Crippen LogP contribution in [0.1, 0.15) is 35.3 Å². The Hall–Kier alpha value is -1.94. The summed E-state index contributed by atoms with van der Waals surface area (Å²) in [5.41, 5.74) is 1.97. The number of rotatable bonds is 2. The van der Waals surface area contributed by atoms with Crippen molar-refractivity contribution in [3.8, 4) is 0 Å². The summed E-state index contributed by atoms with van der Waals surface area (Å²) in [4.78, 5) is 17.9. The zero-order valence-electron chi connectivity index (χ0n) is 10.8. The largest absolute Gasteiger partial charge is 0.299 e. The van der Waals surface area contributed by atoms with Gasteiger partial charge in [0.2, 0.25) is 0 Å². The van der Waals surface area contributed by atoms with Gasteiger partial charge in [0.05, 0.1) is 24.1 Å². The van der Waals surface area contributed by atoms with Crippen molar-refractivity contribution in [2.45, 2.75) is 19.4 Å². The third kappa shape index (κ3) is 1.96. The first kappa shape index (κ1) is 13.1. The third-order valence-corrected chi connectivity index (χ3v) is 3.73. The van der Waals surface area contributed by atoms with E-state index in [0.29, 0.717) is 16.3 Å². The van der Waals surface area contributed by atoms with Gasteiger partial charge in [0.1, 0.15) is 5.82 Å². The number of aromatic nitrogens is 1. The molecule has 2 heterocycles. The van der Waals surface area contributed by atoms with Gasteiger partial charge in [-0.3, -0.25) is 14.7 Å². The van der Waals surface area contributed by atoms with Crippen LogP contribution in [0, 0.1) is 5.82 Å². The van der Waals surface area contributed by atoms with Gasteiger partial charge in [0.25, 0.3) is 5.91 Å². The summed E-state index contributed by atoms with van der Waals surface area (Å²) < 4.78 is 13.4. The second kappa shape index (κ2) is 4.87. The van der Waals surface area contributed by atoms with Crippen LogP contribution in [0.25, 0.3) is 0 Å². The molecule has 0 bridgehead atoms. The van der Waals surface area contributed by atoms with Gasteiger partial charge >= 0.3 is 0 Å². The van der Waals surface area contributed by atoms with E-state index in [-0.39, 0.29) is 11.9 Å². The summed E-state index contributed by atoms with van der Waals surface area (Å²) in [5, 5.41) is 0.520. The minimum atomic E-state index is -0.459. The molecule has 1 aliphatic heterocycles. The summed E-state index contributed by atoms with van der Waals surface area (Å²) in [5.74, 6) is -0.624. The molecule has 20 heavy (non-hydrogen) atoms. The highest BCUT2D eigenvalue weighted by Crippen LogP contribution is 2.40. The number of carbonyl (C=O) groups excluding carboxylic acids is 1. The quantitative estimate of drug-likeness (QED) is 0.838. The molecule has 3 nitrogen and oxygen atoms in total. The number of fused-ring (bicyclic) bond motifs is 1. The molecule has 1 atom stereocenters. The molecular formula is C15H12ClFN2O. The van der Waals surface area contributed by atoms with Gasteiger partial charge in [-0.2, -0.15) is 0 Å². The second-order valence-electron chi connectivity index (χ2n) is 4.69. The predicted octanol–water partition coefficient (Wildman–Crippen LogP) is 3.99. The monoisotopic (exact) mass is 290 g/mol. The Morgan fingerprint density at radius 1 is 1.35 bits per heavy atom. The Bertz CT molecular complexity index is 689. The number of hydrogen-bond donors (Lipinski definition) is 0. The third-order valence-electron chi connectivity index (χ3n) is 3.49. The molecule has 0 fully saturated rings. The van der Waals surface area contributed by atoms with Crippen molar-refractivity contribution < 1.29 is 9.18 Å². The summed E-state index contributed by atoms with van der Waals surface area (Å²) in [6.07, 6.45) is 3.35. The second-order valence-corrected chi connectivity index (χ2v) is 5.13. The Balaban J connectivity index is 2.12. The minimum Gasteiger partial charge on any atom is -0.299 e. The lowest BCUT2D eigenvalue weighted by atomic mass is 10.0. The van der Waals surface area contributed by atoms with Crippen LogP contribution in [0.5, 0.6) is 0 Å². The van der Waals surface area contributed by atoms with Crippen LogP contribution in [0.15, 0.2) is 36.7 Å². The molecule has 102 valence electrons. The maximum atomic E-state index is 13.4. The molecule has 0 aliphatic carbocycles. The average Bonchev–Trinajstić information content (AvgIpc) is 2.71. The molecule has 3 rings (SSSR count). The van der Waals surface area contributed by atoms with E-state index in [9.17, 15) is 9.18 Å². The van der Waals surface area contributed by atoms with Gasteiger partial charge in [-0.1, -0.05) is 24.6 Å². The molecule has 1 aliphatic rings. The van der Waals surface area contributed by atoms with E-state index in [4.69, 9.17) is 11.6 Å². The van der Waals surface area contributed by atoms with Crippen LogP contribution >= 0.6 is 11.6 Å². The molecule has 0 unspecified atom stereocenters. The molecule has 1 aromatic carbocycles. The number of anilines is 1. The van der Waals surface area contributed by atoms with Crippen LogP contribution in [0.4, 0.5) is 10.1 Å². The van der Waals surface area contributed by atoms with Crippen molar-refractivity contribution in [3.05, 3.63) is 58.6 Å². The van der Waals surface area contributed by atoms with Crippen LogP contribution < -0.4 is 4.90 Å². The molecule has 0 radical (unpaired) electrons. The van der Waals surface area contributed by atoms with Gasteiger partial charge in [-0.15, -0.1) is 0 Å². The fourth-order valence-corrected chi connectivity index (χ4v) is 2.82. The van der Waals surface area contributed by atoms with Crippen molar-refractivity contribution in [3.63, 3.8) is 0 Å². The summed E-state index contributed by atoms with van der Waals surface area (Å²) in [6.45, 7) is 1.99. The van der Waals surface area contributed by atoms with Crippen molar-refractivity contribution >= 4 is 23.2 Å². The van der Waals surface area contributed by atoms with Gasteiger partial charge < -0.3 is 0 Å². The lowest BCUT2D eigenvalue weighted by Crippen LogP contribution is -2.27. The smallest absolute Gasteiger partial charge is 0.259 e. The molecule has 0 saturated carbocycles. The zero-order chi connectivity index (χ0) is 14.3. The molecule has 5 heteroatoms. The van der Waals surface area contributed by atoms with Crippen LogP contribution in [0.3, 0.4) is 0 Å². The highest BCUT2D eigenvalue weighted by Gasteiger charge is 2.36. The molecule has 0 saturated heterocycles. The molecule has 0 spiro atoms. The zero-order valence-corrected chi connectivity index (χ0v) is 11.6. The first-order valence-electron chi connectivity index (χ1n) is 6.35. The number of halogens is 2. The SMILES string of the molecule is CC[C@@H]1c2ccc(Cl)cc2C(=O)N1c1cncc(F)c1. The standard InChI is InChI=1S/C15H12ClFN2O/c1-2-14-12-4-3-9(16)5-13(12)15(20)19(14)11-6-10(17)7-18-8-11/h3-8,14H,2H2,1H3/t14-/m1/s1. The molecular weight excluding hydrogens is 279 g/mol. The maximum absolute atomic E-state index is 13.4. The van der Waals surface area contributed by atoms with E-state index >= 15 is 0 Å². The van der Waals surface area contributed by atoms with Gasteiger partial charge in [-0.25, -0.2) is 4.39 Å². The van der Waals surface area contributed by atoms with Gasteiger partial charge in [0.15, 0.2) is 0 Å². The lowest BCUT2D eigenvalue weighted by Gasteiger charge is -2.24. The number of nitrogens with zero attached hydrogens (tertiary/aromatic N) is 2. The predicted molar refractivity (Wildman–Crippen MR) is 75.5 cm³/mol. The van der Waals surface area contributed by atoms with E-state index in [0.717, 1.165) is 18.2 Å². The number of carbonyl (C=O) groups is 1. The fourth-order valence-electron chi connectivity index (χ4n) is 2.65. The van der Waals surface area contributed by atoms with E-state index < -0.39 is 5.82 Å². The summed E-state index contributed by atoms with van der Waals surface area (Å²) >= 11 is 5.96. The summed E-state index contributed by atoms with van der Waals surface area (Å²) in [7, 11) is 0. The Labute approximate surface area is 121 Å². The topological polar surface area (TPSA) is 33.2 Å². The highest BCUT2D eigenvalue weighted by atomic mass is 35.5. The number of pyridine rings is 1. The van der Waals surface area contributed by atoms with Gasteiger partial charge in [0, 0.05) is 16.7 Å². The number of benzene rings is 1. The summed E-state index contributed by atoms with van der Waals surface area (Å²) in [6, 6.07) is 6.49. The van der Waals surface area contributed by atoms with Gasteiger partial charge in [-0.05, 0) is 24.1 Å². The van der Waals surface area contributed by atoms with E-state index in [1.165, 1.54) is 12.3 Å². The van der Waals surface area contributed by atoms with Crippen LogP contribution in [0.2, 0.25) is 5.02 Å². The van der Waals surface area contributed by atoms with Crippen LogP contribution in [-0.2, 0) is 0 Å². The Morgan fingerprint density at radius 3 is 2.85 bits per heavy atom. The molecule has 1 aromatic heterocycles. The Kier molecular flexibility index (Phi) is 3.18. The van der Waals surface area contributed by atoms with Crippen molar-refractivity contribution in [2.75, 3.05) is 4.90 Å². The minimum absolute atomic E-state index is 0.113. The van der Waals surface area contributed by atoms with Crippen LogP contribution in [-0.4, -0.2) is 10.9 Å². The van der Waals surface area contributed by atoms with E-state index in [2.05, 4.69) is 4.98 Å². The first-order valence-corrected chi connectivity index (χ1v) is 6.73. The molecule has 2 aromatic rings. The normalized spacial score (nSPS) is 17.4. The van der Waals surface area contributed by atoms with Crippen molar-refractivity contribution in [1.29, 1.82) is 0 Å². The lowest BCUT2D eigenvalue weighted by molar-refractivity contribution is 0.0990. The average molecular weight is 291 g/mol.